The summed E-state index contributed by atoms with van der Waals surface area (Å²) >= 11 is 5.80. The van der Waals surface area contributed by atoms with Crippen molar-refractivity contribution in [3.05, 3.63) is 21.6 Å². The molecule has 7 nitrogen and oxygen atoms in total. The number of aliphatic hydroxyl groups is 1. The summed E-state index contributed by atoms with van der Waals surface area (Å²) in [6.45, 7) is 0.729. The molecule has 104 valence electrons. The molecule has 1 aliphatic rings. The first-order chi connectivity index (χ1) is 9.15. The van der Waals surface area contributed by atoms with Crippen LogP contribution in [0.1, 0.15) is 25.7 Å². The predicted octanol–water partition coefficient (Wildman–Crippen LogP) is 1.78. The second-order valence-corrected chi connectivity index (χ2v) is 4.81. The minimum atomic E-state index is -0.553. The lowest BCUT2D eigenvalue weighted by atomic mass is 9.99. The monoisotopic (exact) mass is 286 g/mol. The molecule has 1 aromatic heterocycles. The number of nitrogens with zero attached hydrogens (tertiary/aromatic N) is 4. The van der Waals surface area contributed by atoms with Crippen LogP contribution in [0.4, 0.5) is 11.5 Å². The molecule has 0 saturated carbocycles. The lowest BCUT2D eigenvalue weighted by Gasteiger charge is -2.35. The van der Waals surface area contributed by atoms with Crippen LogP contribution in [-0.4, -0.2) is 39.2 Å². The second kappa shape index (κ2) is 6.12. The first-order valence-corrected chi connectivity index (χ1v) is 6.55. The lowest BCUT2D eigenvalue weighted by Crippen LogP contribution is -2.41. The molecular formula is C11H15ClN4O3. The molecule has 0 aliphatic carbocycles. The van der Waals surface area contributed by atoms with Gasteiger partial charge in [0, 0.05) is 19.2 Å². The first kappa shape index (κ1) is 14.0. The molecule has 0 amide bonds. The Balaban J connectivity index is 2.38. The largest absolute Gasteiger partial charge is 0.396 e. The second-order valence-electron chi connectivity index (χ2n) is 4.45. The Morgan fingerprint density at radius 2 is 2.32 bits per heavy atom. The molecule has 1 aromatic rings. The summed E-state index contributed by atoms with van der Waals surface area (Å²) in [5, 5.41) is 20.1. The fourth-order valence-electron chi connectivity index (χ4n) is 2.44. The average molecular weight is 287 g/mol. The first-order valence-electron chi connectivity index (χ1n) is 6.17. The minimum Gasteiger partial charge on any atom is -0.396 e. The summed E-state index contributed by atoms with van der Waals surface area (Å²) in [5.41, 5.74) is -0.256. The Bertz CT molecular complexity index is 469. The highest BCUT2D eigenvalue weighted by molar-refractivity contribution is 6.31. The van der Waals surface area contributed by atoms with Crippen LogP contribution in [0, 0.1) is 10.1 Å². The quantitative estimate of drug-likeness (QED) is 0.515. The maximum atomic E-state index is 11.1. The molecule has 0 spiro atoms. The Hall–Kier alpha value is -1.47. The van der Waals surface area contributed by atoms with E-state index in [0.29, 0.717) is 13.0 Å². The van der Waals surface area contributed by atoms with Crippen LogP contribution in [-0.2, 0) is 0 Å². The zero-order valence-corrected chi connectivity index (χ0v) is 11.1. The van der Waals surface area contributed by atoms with Gasteiger partial charge in [-0.3, -0.25) is 10.1 Å². The topological polar surface area (TPSA) is 92.4 Å². The molecule has 2 heterocycles. The molecular weight excluding hydrogens is 272 g/mol. The van der Waals surface area contributed by atoms with Gasteiger partial charge in [0.2, 0.25) is 11.0 Å². The van der Waals surface area contributed by atoms with Gasteiger partial charge in [0.25, 0.3) is 0 Å². The number of halogens is 1. The zero-order valence-electron chi connectivity index (χ0n) is 10.3. The summed E-state index contributed by atoms with van der Waals surface area (Å²) in [5.74, 6) is 0.253. The van der Waals surface area contributed by atoms with E-state index in [1.165, 1.54) is 6.33 Å². The van der Waals surface area contributed by atoms with Gasteiger partial charge in [-0.1, -0.05) is 11.6 Å². The van der Waals surface area contributed by atoms with Crippen molar-refractivity contribution in [2.75, 3.05) is 18.1 Å². The molecule has 19 heavy (non-hydrogen) atoms. The van der Waals surface area contributed by atoms with Crippen molar-refractivity contribution in [1.82, 2.24) is 9.97 Å². The molecule has 1 saturated heterocycles. The summed E-state index contributed by atoms with van der Waals surface area (Å²) in [6, 6.07) is 0.0587. The molecule has 1 aliphatic heterocycles. The van der Waals surface area contributed by atoms with E-state index in [0.717, 1.165) is 19.3 Å². The SMILES string of the molecule is O=[N+]([O-])c1c(Cl)ncnc1N1CCCCC1CCO. The maximum Gasteiger partial charge on any atom is 0.348 e. The van der Waals surface area contributed by atoms with E-state index in [-0.39, 0.29) is 29.3 Å². The molecule has 2 rings (SSSR count). The molecule has 0 radical (unpaired) electrons. The van der Waals surface area contributed by atoms with E-state index >= 15 is 0 Å². The molecule has 0 bridgehead atoms. The van der Waals surface area contributed by atoms with E-state index in [2.05, 4.69) is 9.97 Å². The standard InChI is InChI=1S/C11H15ClN4O3/c12-10-9(16(18)19)11(14-7-13-10)15-5-2-1-3-8(15)4-6-17/h7-8,17H,1-6H2. The zero-order chi connectivity index (χ0) is 13.8. The van der Waals surface area contributed by atoms with Gasteiger partial charge in [-0.15, -0.1) is 0 Å². The van der Waals surface area contributed by atoms with E-state index in [4.69, 9.17) is 16.7 Å². The summed E-state index contributed by atoms with van der Waals surface area (Å²) in [4.78, 5) is 20.1. The predicted molar refractivity (Wildman–Crippen MR) is 70.4 cm³/mol. The van der Waals surface area contributed by atoms with Gasteiger partial charge in [-0.25, -0.2) is 9.97 Å². The van der Waals surface area contributed by atoms with Gasteiger partial charge >= 0.3 is 5.69 Å². The molecule has 1 unspecified atom stereocenters. The number of anilines is 1. The average Bonchev–Trinajstić information content (AvgIpc) is 2.39. The highest BCUT2D eigenvalue weighted by Gasteiger charge is 2.31. The van der Waals surface area contributed by atoms with Crippen LogP contribution in [0.2, 0.25) is 5.15 Å². The van der Waals surface area contributed by atoms with E-state index in [9.17, 15) is 10.1 Å². The van der Waals surface area contributed by atoms with Gasteiger partial charge in [-0.05, 0) is 25.7 Å². The van der Waals surface area contributed by atoms with Crippen molar-refractivity contribution in [2.24, 2.45) is 0 Å². The van der Waals surface area contributed by atoms with Crippen molar-refractivity contribution in [2.45, 2.75) is 31.7 Å². The van der Waals surface area contributed by atoms with E-state index in [1.54, 1.807) is 0 Å². The number of piperidine rings is 1. The van der Waals surface area contributed by atoms with Gasteiger partial charge in [0.05, 0.1) is 4.92 Å². The summed E-state index contributed by atoms with van der Waals surface area (Å²) in [7, 11) is 0. The Morgan fingerprint density at radius 3 is 3.00 bits per heavy atom. The van der Waals surface area contributed by atoms with Crippen molar-refractivity contribution in [1.29, 1.82) is 0 Å². The smallest absolute Gasteiger partial charge is 0.348 e. The van der Waals surface area contributed by atoms with E-state index < -0.39 is 4.92 Å². The Morgan fingerprint density at radius 1 is 1.53 bits per heavy atom. The molecule has 1 N–H and O–H groups in total. The third-order valence-electron chi connectivity index (χ3n) is 3.30. The molecule has 1 fully saturated rings. The van der Waals surface area contributed by atoms with Crippen molar-refractivity contribution in [3.63, 3.8) is 0 Å². The van der Waals surface area contributed by atoms with Crippen LogP contribution in [0.5, 0.6) is 0 Å². The number of rotatable bonds is 4. The van der Waals surface area contributed by atoms with Crippen molar-refractivity contribution in [3.8, 4) is 0 Å². The van der Waals surface area contributed by atoms with Crippen molar-refractivity contribution < 1.29 is 10.0 Å². The molecule has 8 heteroatoms. The third-order valence-corrected chi connectivity index (χ3v) is 3.58. The Kier molecular flexibility index (Phi) is 4.49. The van der Waals surface area contributed by atoms with Crippen molar-refractivity contribution >= 4 is 23.1 Å². The number of aliphatic hydroxyl groups excluding tert-OH is 1. The normalized spacial score (nSPS) is 19.5. The highest BCUT2D eigenvalue weighted by Crippen LogP contribution is 2.35. The van der Waals surface area contributed by atoms with Crippen LogP contribution in [0.25, 0.3) is 0 Å². The van der Waals surface area contributed by atoms with Crippen LogP contribution < -0.4 is 4.90 Å². The Labute approximate surface area is 115 Å². The summed E-state index contributed by atoms with van der Waals surface area (Å²) in [6.07, 6.45) is 4.68. The fraction of sp³-hybridized carbons (Fsp3) is 0.636. The number of hydrogen-bond acceptors (Lipinski definition) is 6. The van der Waals surface area contributed by atoms with Gasteiger partial charge in [0.15, 0.2) is 0 Å². The van der Waals surface area contributed by atoms with Gasteiger partial charge in [-0.2, -0.15) is 0 Å². The minimum absolute atomic E-state index is 0.0494. The summed E-state index contributed by atoms with van der Waals surface area (Å²) < 4.78 is 0. The van der Waals surface area contributed by atoms with Crippen LogP contribution >= 0.6 is 11.6 Å². The third kappa shape index (κ3) is 2.93. The van der Waals surface area contributed by atoms with Gasteiger partial charge in [0.1, 0.15) is 6.33 Å². The lowest BCUT2D eigenvalue weighted by molar-refractivity contribution is -0.384. The fourth-order valence-corrected chi connectivity index (χ4v) is 2.64. The number of hydrogen-bond donors (Lipinski definition) is 1. The highest BCUT2D eigenvalue weighted by atomic mass is 35.5. The number of nitro groups is 1. The van der Waals surface area contributed by atoms with Crippen LogP contribution in [0.15, 0.2) is 6.33 Å². The maximum absolute atomic E-state index is 11.1. The molecule has 0 aromatic carbocycles. The van der Waals surface area contributed by atoms with Crippen LogP contribution in [0.3, 0.4) is 0 Å². The molecule has 1 atom stereocenters. The number of aromatic nitrogens is 2. The van der Waals surface area contributed by atoms with Gasteiger partial charge < -0.3 is 10.0 Å². The van der Waals surface area contributed by atoms with E-state index in [1.807, 2.05) is 4.90 Å².